The van der Waals surface area contributed by atoms with Gasteiger partial charge in [-0.3, -0.25) is 9.69 Å². The van der Waals surface area contributed by atoms with E-state index < -0.39 is 0 Å². The van der Waals surface area contributed by atoms with Gasteiger partial charge in [0, 0.05) is 10.9 Å². The fourth-order valence-electron chi connectivity index (χ4n) is 2.90. The van der Waals surface area contributed by atoms with Gasteiger partial charge in [-0.25, -0.2) is 9.97 Å². The molecule has 0 saturated carbocycles. The Morgan fingerprint density at radius 1 is 1.00 bits per heavy atom. The van der Waals surface area contributed by atoms with Gasteiger partial charge in [-0.05, 0) is 38.1 Å². The summed E-state index contributed by atoms with van der Waals surface area (Å²) >= 11 is 1.45. The van der Waals surface area contributed by atoms with Crippen LogP contribution in [0.2, 0.25) is 0 Å². The van der Waals surface area contributed by atoms with Crippen LogP contribution < -0.4 is 4.90 Å². The van der Waals surface area contributed by atoms with Gasteiger partial charge >= 0.3 is 0 Å². The lowest BCUT2D eigenvalue weighted by Crippen LogP contribution is -2.27. The second-order valence-corrected chi connectivity index (χ2v) is 7.24. The van der Waals surface area contributed by atoms with Gasteiger partial charge in [0.05, 0.1) is 23.5 Å². The first-order valence-electron chi connectivity index (χ1n) is 8.93. The first-order chi connectivity index (χ1) is 13.6. The lowest BCUT2D eigenvalue weighted by molar-refractivity contribution is -0.117. The predicted octanol–water partition coefficient (Wildman–Crippen LogP) is 5.32. The summed E-state index contributed by atoms with van der Waals surface area (Å²) < 4.78 is 5.80. The van der Waals surface area contributed by atoms with Crippen molar-refractivity contribution >= 4 is 28.1 Å². The third-order valence-electron chi connectivity index (χ3n) is 4.29. The quantitative estimate of drug-likeness (QED) is 0.463. The molecule has 28 heavy (non-hydrogen) atoms. The molecule has 0 saturated heterocycles. The molecule has 0 spiro atoms. The van der Waals surface area contributed by atoms with Crippen molar-refractivity contribution in [2.45, 2.75) is 20.3 Å². The zero-order valence-corrected chi connectivity index (χ0v) is 16.4. The summed E-state index contributed by atoms with van der Waals surface area (Å²) in [5.74, 6) is 1.07. The molecule has 2 aromatic heterocycles. The molecule has 140 valence electrons. The molecule has 0 aliphatic rings. The molecular weight excluding hydrogens is 370 g/mol. The van der Waals surface area contributed by atoms with Crippen molar-refractivity contribution < 1.29 is 9.21 Å². The molecular formula is C22H19N3O2S. The number of amides is 1. The number of carbonyl (C=O) groups is 1. The molecule has 2 heterocycles. The predicted molar refractivity (Wildman–Crippen MR) is 111 cm³/mol. The average molecular weight is 389 g/mol. The van der Waals surface area contributed by atoms with E-state index in [1.54, 1.807) is 4.90 Å². The Hall–Kier alpha value is -3.25. The monoisotopic (exact) mass is 389 g/mol. The van der Waals surface area contributed by atoms with Crippen LogP contribution >= 0.6 is 11.3 Å². The Bertz CT molecular complexity index is 1090. The first-order valence-corrected chi connectivity index (χ1v) is 9.81. The van der Waals surface area contributed by atoms with E-state index in [0.717, 1.165) is 16.9 Å². The largest absolute Gasteiger partial charge is 0.441 e. The molecule has 0 atom stereocenters. The highest BCUT2D eigenvalue weighted by atomic mass is 32.1. The Kier molecular flexibility index (Phi) is 5.04. The number of aromatic nitrogens is 2. The van der Waals surface area contributed by atoms with Crippen molar-refractivity contribution in [3.8, 4) is 11.5 Å². The highest BCUT2D eigenvalue weighted by Gasteiger charge is 2.23. The van der Waals surface area contributed by atoms with Gasteiger partial charge in [0.15, 0.2) is 5.13 Å². The van der Waals surface area contributed by atoms with Gasteiger partial charge in [-0.2, -0.15) is 0 Å². The van der Waals surface area contributed by atoms with Crippen molar-refractivity contribution in [1.29, 1.82) is 0 Å². The molecule has 0 aliphatic heterocycles. The second-order valence-electron chi connectivity index (χ2n) is 6.40. The first kappa shape index (κ1) is 18.1. The van der Waals surface area contributed by atoms with E-state index >= 15 is 0 Å². The average Bonchev–Trinajstić information content (AvgIpc) is 3.29. The van der Waals surface area contributed by atoms with Gasteiger partial charge < -0.3 is 4.42 Å². The number of anilines is 2. The fraction of sp³-hybridized carbons (Fsp3) is 0.136. The molecule has 0 bridgehead atoms. The van der Waals surface area contributed by atoms with Crippen LogP contribution in [0.1, 0.15) is 17.1 Å². The van der Waals surface area contributed by atoms with E-state index in [1.165, 1.54) is 11.3 Å². The number of rotatable bonds is 5. The molecule has 0 unspecified atom stereocenters. The van der Waals surface area contributed by atoms with E-state index in [-0.39, 0.29) is 12.3 Å². The zero-order valence-electron chi connectivity index (χ0n) is 15.6. The minimum atomic E-state index is -0.100. The summed E-state index contributed by atoms with van der Waals surface area (Å²) in [6.07, 6.45) is 0.135. The SMILES string of the molecule is Cc1csc(N(C(=O)Cc2nc(-c3ccccc3)oc2C)c2ccccc2)n1. The molecule has 0 N–H and O–H groups in total. The third-order valence-corrected chi connectivity index (χ3v) is 5.24. The molecule has 4 aromatic rings. The summed E-state index contributed by atoms with van der Waals surface area (Å²) in [6, 6.07) is 19.2. The summed E-state index contributed by atoms with van der Waals surface area (Å²) in [7, 11) is 0. The van der Waals surface area contributed by atoms with E-state index in [9.17, 15) is 4.79 Å². The molecule has 1 amide bonds. The van der Waals surface area contributed by atoms with Crippen molar-refractivity contribution in [1.82, 2.24) is 9.97 Å². The number of oxazole rings is 1. The van der Waals surface area contributed by atoms with Gasteiger partial charge in [0.2, 0.25) is 11.8 Å². The Morgan fingerprint density at radius 3 is 2.32 bits per heavy atom. The molecule has 0 radical (unpaired) electrons. The van der Waals surface area contributed by atoms with Crippen LogP contribution in [0.15, 0.2) is 70.5 Å². The number of hydrogen-bond donors (Lipinski definition) is 0. The molecule has 0 aliphatic carbocycles. The zero-order chi connectivity index (χ0) is 19.5. The smallest absolute Gasteiger partial charge is 0.239 e. The van der Waals surface area contributed by atoms with Crippen LogP contribution in [-0.2, 0) is 11.2 Å². The molecule has 0 fully saturated rings. The number of aryl methyl sites for hydroxylation is 2. The van der Waals surface area contributed by atoms with Crippen molar-refractivity contribution in [2.24, 2.45) is 0 Å². The lowest BCUT2D eigenvalue weighted by atomic mass is 10.2. The number of benzene rings is 2. The number of nitrogens with zero attached hydrogens (tertiary/aromatic N) is 3. The second kappa shape index (κ2) is 7.78. The normalized spacial score (nSPS) is 10.8. The van der Waals surface area contributed by atoms with Crippen LogP contribution in [0.5, 0.6) is 0 Å². The molecule has 2 aromatic carbocycles. The maximum absolute atomic E-state index is 13.2. The topological polar surface area (TPSA) is 59.2 Å². The minimum Gasteiger partial charge on any atom is -0.441 e. The summed E-state index contributed by atoms with van der Waals surface area (Å²) in [6.45, 7) is 3.75. The van der Waals surface area contributed by atoms with Crippen molar-refractivity contribution in [2.75, 3.05) is 4.90 Å². The van der Waals surface area contributed by atoms with Crippen molar-refractivity contribution in [3.05, 3.63) is 83.2 Å². The summed E-state index contributed by atoms with van der Waals surface area (Å²) in [5, 5.41) is 2.59. The van der Waals surface area contributed by atoms with Crippen LogP contribution in [-0.4, -0.2) is 15.9 Å². The fourth-order valence-corrected chi connectivity index (χ4v) is 3.74. The van der Waals surface area contributed by atoms with Crippen LogP contribution in [0.3, 0.4) is 0 Å². The maximum atomic E-state index is 13.2. The van der Waals surface area contributed by atoms with Crippen LogP contribution in [0, 0.1) is 13.8 Å². The Balaban J connectivity index is 1.65. The molecule has 5 nitrogen and oxygen atoms in total. The van der Waals surface area contributed by atoms with E-state index in [0.29, 0.717) is 22.5 Å². The molecule has 4 rings (SSSR count). The number of hydrogen-bond acceptors (Lipinski definition) is 5. The minimum absolute atomic E-state index is 0.100. The number of para-hydroxylation sites is 1. The van der Waals surface area contributed by atoms with Crippen LogP contribution in [0.25, 0.3) is 11.5 Å². The van der Waals surface area contributed by atoms with E-state index in [1.807, 2.05) is 79.9 Å². The van der Waals surface area contributed by atoms with Gasteiger partial charge in [-0.1, -0.05) is 36.4 Å². The van der Waals surface area contributed by atoms with Gasteiger partial charge in [-0.15, -0.1) is 11.3 Å². The van der Waals surface area contributed by atoms with Gasteiger partial charge in [0.25, 0.3) is 0 Å². The van der Waals surface area contributed by atoms with Crippen molar-refractivity contribution in [3.63, 3.8) is 0 Å². The highest BCUT2D eigenvalue weighted by molar-refractivity contribution is 7.14. The Labute approximate surface area is 167 Å². The van der Waals surface area contributed by atoms with Crippen LogP contribution in [0.4, 0.5) is 10.8 Å². The van der Waals surface area contributed by atoms with E-state index in [2.05, 4.69) is 9.97 Å². The maximum Gasteiger partial charge on any atom is 0.239 e. The number of carbonyl (C=O) groups excluding carboxylic acids is 1. The Morgan fingerprint density at radius 2 is 1.68 bits per heavy atom. The summed E-state index contributed by atoms with van der Waals surface area (Å²) in [4.78, 5) is 23.9. The lowest BCUT2D eigenvalue weighted by Gasteiger charge is -2.19. The standard InChI is InChI=1S/C22H19N3O2S/c1-15-14-28-22(23-15)25(18-11-7-4-8-12-18)20(26)13-19-16(2)27-21(24-19)17-9-5-3-6-10-17/h3-12,14H,13H2,1-2H3. The number of thiazole rings is 1. The van der Waals surface area contributed by atoms with E-state index in [4.69, 9.17) is 4.42 Å². The highest BCUT2D eigenvalue weighted by Crippen LogP contribution is 2.30. The molecule has 6 heteroatoms. The summed E-state index contributed by atoms with van der Waals surface area (Å²) in [5.41, 5.74) is 3.20. The third kappa shape index (κ3) is 3.73. The van der Waals surface area contributed by atoms with Gasteiger partial charge in [0.1, 0.15) is 5.76 Å².